The summed E-state index contributed by atoms with van der Waals surface area (Å²) in [6, 6.07) is -0.171. The fourth-order valence-electron chi connectivity index (χ4n) is 1.04. The maximum atomic E-state index is 11.6. The average Bonchev–Trinajstić information content (AvgIpc) is 2.27. The van der Waals surface area contributed by atoms with Gasteiger partial charge in [-0.05, 0) is 20.8 Å². The van der Waals surface area contributed by atoms with E-state index in [0.717, 1.165) is 0 Å². The number of ether oxygens (including phenoxy) is 4. The lowest BCUT2D eigenvalue weighted by molar-refractivity contribution is -0.364. The molecular formula is C11H21ClO5. The quantitative estimate of drug-likeness (QED) is 0.383. The highest BCUT2D eigenvalue weighted by atomic mass is 35.5. The number of hydrogen-bond donors (Lipinski definition) is 0. The van der Waals surface area contributed by atoms with Crippen LogP contribution in [0.2, 0.25) is 0 Å². The van der Waals surface area contributed by atoms with Crippen LogP contribution >= 0.6 is 11.6 Å². The second kappa shape index (κ2) is 7.16. The van der Waals surface area contributed by atoms with E-state index in [1.165, 1.54) is 7.11 Å². The van der Waals surface area contributed by atoms with Crippen molar-refractivity contribution in [3.63, 3.8) is 0 Å². The van der Waals surface area contributed by atoms with Gasteiger partial charge in [0.05, 0.1) is 12.0 Å². The zero-order valence-corrected chi connectivity index (χ0v) is 11.8. The number of halogens is 1. The number of carbonyl (C=O) groups excluding carboxylic acids is 1. The molecule has 0 aromatic carbocycles. The Morgan fingerprint density at radius 1 is 1.24 bits per heavy atom. The van der Waals surface area contributed by atoms with Gasteiger partial charge in [0.25, 0.3) is 5.97 Å². The van der Waals surface area contributed by atoms with Crippen molar-refractivity contribution in [1.29, 1.82) is 0 Å². The molecule has 0 rings (SSSR count). The van der Waals surface area contributed by atoms with Gasteiger partial charge in [-0.15, -0.1) is 0 Å². The van der Waals surface area contributed by atoms with Gasteiger partial charge in [0.15, 0.2) is 6.07 Å². The molecule has 6 heteroatoms. The molecule has 5 nitrogen and oxygen atoms in total. The summed E-state index contributed by atoms with van der Waals surface area (Å²) in [5, 5.41) is 0. The summed E-state index contributed by atoms with van der Waals surface area (Å²) in [7, 11) is 1.47. The minimum absolute atomic E-state index is 0.104. The van der Waals surface area contributed by atoms with E-state index in [9.17, 15) is 4.79 Å². The molecule has 1 unspecified atom stereocenters. The Balaban J connectivity index is 4.37. The molecule has 0 amide bonds. The molecule has 0 aromatic heterocycles. The molecule has 0 heterocycles. The van der Waals surface area contributed by atoms with E-state index in [1.807, 2.05) is 6.92 Å². The van der Waals surface area contributed by atoms with Crippen molar-refractivity contribution >= 4 is 17.6 Å². The van der Waals surface area contributed by atoms with Crippen LogP contribution in [0.5, 0.6) is 0 Å². The van der Waals surface area contributed by atoms with E-state index in [2.05, 4.69) is 0 Å². The standard InChI is InChI=1S/C11H21ClO5/c1-6-16-11(4,14-5)17-7-10(2,3)9(13)15-8-12/h6-8H2,1-5H3. The molecule has 0 fully saturated rings. The Kier molecular flexibility index (Phi) is 7.01. The molecule has 0 aromatic rings. The predicted molar refractivity (Wildman–Crippen MR) is 63.6 cm³/mol. The summed E-state index contributed by atoms with van der Waals surface area (Å²) in [6.07, 6.45) is 0. The zero-order valence-electron chi connectivity index (χ0n) is 11.0. The van der Waals surface area contributed by atoms with Gasteiger partial charge in [0.2, 0.25) is 0 Å². The Morgan fingerprint density at radius 2 is 1.82 bits per heavy atom. The van der Waals surface area contributed by atoms with E-state index in [0.29, 0.717) is 6.61 Å². The maximum Gasteiger partial charge on any atom is 0.315 e. The number of hydrogen-bond acceptors (Lipinski definition) is 5. The van der Waals surface area contributed by atoms with E-state index < -0.39 is 17.4 Å². The maximum absolute atomic E-state index is 11.6. The Bertz CT molecular complexity index is 244. The summed E-state index contributed by atoms with van der Waals surface area (Å²) in [5.74, 6) is -1.59. The van der Waals surface area contributed by atoms with Crippen molar-refractivity contribution < 1.29 is 23.7 Å². The summed E-state index contributed by atoms with van der Waals surface area (Å²) in [5.41, 5.74) is -0.814. The van der Waals surface area contributed by atoms with Gasteiger partial charge in [-0.1, -0.05) is 11.6 Å². The van der Waals surface area contributed by atoms with Gasteiger partial charge < -0.3 is 18.9 Å². The van der Waals surface area contributed by atoms with Gasteiger partial charge in [-0.2, -0.15) is 0 Å². The van der Waals surface area contributed by atoms with Crippen molar-refractivity contribution in [3.8, 4) is 0 Å². The molecule has 0 bridgehead atoms. The summed E-state index contributed by atoms with van der Waals surface area (Å²) in [6.45, 7) is 7.41. The number of esters is 1. The Hall–Kier alpha value is -0.360. The van der Waals surface area contributed by atoms with Crippen LogP contribution in [0.3, 0.4) is 0 Å². The highest BCUT2D eigenvalue weighted by Gasteiger charge is 2.34. The molecule has 102 valence electrons. The summed E-state index contributed by atoms with van der Waals surface area (Å²) < 4.78 is 20.6. The van der Waals surface area contributed by atoms with Crippen LogP contribution in [0.25, 0.3) is 0 Å². The smallest absolute Gasteiger partial charge is 0.315 e. The number of alkyl halides is 1. The molecule has 0 aliphatic heterocycles. The number of rotatable bonds is 8. The van der Waals surface area contributed by atoms with Crippen molar-refractivity contribution in [1.82, 2.24) is 0 Å². The molecule has 0 N–H and O–H groups in total. The molecular weight excluding hydrogens is 248 g/mol. The third-order valence-corrected chi connectivity index (χ3v) is 2.32. The molecule has 0 radical (unpaired) electrons. The normalized spacial score (nSPS) is 15.4. The minimum atomic E-state index is -1.16. The molecule has 0 spiro atoms. The second-order valence-electron chi connectivity index (χ2n) is 4.21. The summed E-state index contributed by atoms with van der Waals surface area (Å²) >= 11 is 5.34. The topological polar surface area (TPSA) is 54.0 Å². The number of methoxy groups -OCH3 is 1. The average molecular weight is 269 g/mol. The number of carbonyl (C=O) groups is 1. The van der Waals surface area contributed by atoms with Gasteiger partial charge in [0, 0.05) is 20.6 Å². The lowest BCUT2D eigenvalue weighted by atomic mass is 9.95. The molecule has 0 aliphatic carbocycles. The first-order valence-electron chi connectivity index (χ1n) is 5.37. The van der Waals surface area contributed by atoms with Crippen LogP contribution in [0.1, 0.15) is 27.7 Å². The van der Waals surface area contributed by atoms with E-state index in [-0.39, 0.29) is 12.7 Å². The van der Waals surface area contributed by atoms with Crippen molar-refractivity contribution in [2.75, 3.05) is 26.4 Å². The Morgan fingerprint density at radius 3 is 2.24 bits per heavy atom. The van der Waals surface area contributed by atoms with Crippen LogP contribution < -0.4 is 0 Å². The molecule has 0 aliphatic rings. The van der Waals surface area contributed by atoms with Gasteiger partial charge in [-0.3, -0.25) is 4.79 Å². The van der Waals surface area contributed by atoms with Crippen LogP contribution in [0.4, 0.5) is 0 Å². The molecule has 0 saturated carbocycles. The first-order chi connectivity index (χ1) is 7.81. The third kappa shape index (κ3) is 5.68. The van der Waals surface area contributed by atoms with E-state index in [4.69, 9.17) is 30.5 Å². The molecule has 0 saturated heterocycles. The van der Waals surface area contributed by atoms with Crippen molar-refractivity contribution in [2.24, 2.45) is 5.41 Å². The van der Waals surface area contributed by atoms with Crippen LogP contribution in [0.15, 0.2) is 0 Å². The fraction of sp³-hybridized carbons (Fsp3) is 0.909. The van der Waals surface area contributed by atoms with Crippen molar-refractivity contribution in [3.05, 3.63) is 0 Å². The van der Waals surface area contributed by atoms with Gasteiger partial charge in [0.1, 0.15) is 0 Å². The molecule has 1 atom stereocenters. The third-order valence-electron chi connectivity index (χ3n) is 2.21. The summed E-state index contributed by atoms with van der Waals surface area (Å²) in [4.78, 5) is 11.6. The zero-order chi connectivity index (χ0) is 13.5. The van der Waals surface area contributed by atoms with Crippen LogP contribution in [0, 0.1) is 5.41 Å². The first kappa shape index (κ1) is 16.6. The van der Waals surface area contributed by atoms with Gasteiger partial charge in [-0.25, -0.2) is 0 Å². The van der Waals surface area contributed by atoms with E-state index in [1.54, 1.807) is 20.8 Å². The highest BCUT2D eigenvalue weighted by Crippen LogP contribution is 2.23. The predicted octanol–water partition coefficient (Wildman–Crippen LogP) is 2.13. The van der Waals surface area contributed by atoms with Crippen LogP contribution in [-0.4, -0.2) is 38.3 Å². The molecule has 17 heavy (non-hydrogen) atoms. The first-order valence-corrected chi connectivity index (χ1v) is 5.91. The SMILES string of the molecule is CCOC(C)(OC)OCC(C)(C)C(=O)OCCl. The second-order valence-corrected chi connectivity index (χ2v) is 4.43. The van der Waals surface area contributed by atoms with Crippen LogP contribution in [-0.2, 0) is 23.7 Å². The lowest BCUT2D eigenvalue weighted by Crippen LogP contribution is -2.40. The van der Waals surface area contributed by atoms with Crippen molar-refractivity contribution in [2.45, 2.75) is 33.7 Å². The fourth-order valence-corrected chi connectivity index (χ4v) is 1.14. The lowest BCUT2D eigenvalue weighted by Gasteiger charge is -2.31. The van der Waals surface area contributed by atoms with E-state index >= 15 is 0 Å². The largest absolute Gasteiger partial charge is 0.449 e. The van der Waals surface area contributed by atoms with Gasteiger partial charge >= 0.3 is 5.97 Å². The Labute approximate surface area is 107 Å². The monoisotopic (exact) mass is 268 g/mol. The highest BCUT2D eigenvalue weighted by molar-refractivity contribution is 6.17. The minimum Gasteiger partial charge on any atom is -0.449 e.